The van der Waals surface area contributed by atoms with Crippen LogP contribution in [0.3, 0.4) is 0 Å². The maximum absolute atomic E-state index is 14.3. The van der Waals surface area contributed by atoms with Crippen molar-refractivity contribution < 1.29 is 24.1 Å². The van der Waals surface area contributed by atoms with Crippen LogP contribution in [-0.2, 0) is 4.74 Å². The van der Waals surface area contributed by atoms with Gasteiger partial charge in [-0.3, -0.25) is 4.90 Å². The molecule has 0 aromatic heterocycles. The van der Waals surface area contributed by atoms with Crippen LogP contribution in [0, 0.1) is 5.82 Å². The van der Waals surface area contributed by atoms with Crippen LogP contribution in [0.15, 0.2) is 18.2 Å². The zero-order chi connectivity index (χ0) is 15.0. The molecule has 1 amide bonds. The van der Waals surface area contributed by atoms with Crippen molar-refractivity contribution in [2.24, 2.45) is 0 Å². The van der Waals surface area contributed by atoms with Gasteiger partial charge in [0.1, 0.15) is 12.4 Å². The Morgan fingerprint density at radius 2 is 2.05 bits per heavy atom. The van der Waals surface area contributed by atoms with E-state index in [1.165, 1.54) is 11.0 Å². The molecular formula is C15H18FNO4. The highest BCUT2D eigenvalue weighted by Crippen LogP contribution is 2.35. The van der Waals surface area contributed by atoms with Gasteiger partial charge >= 0.3 is 6.09 Å². The van der Waals surface area contributed by atoms with Gasteiger partial charge in [0, 0.05) is 0 Å². The van der Waals surface area contributed by atoms with Crippen LogP contribution in [0.1, 0.15) is 30.7 Å². The maximum Gasteiger partial charge on any atom is 0.414 e. The van der Waals surface area contributed by atoms with Gasteiger partial charge < -0.3 is 14.9 Å². The summed E-state index contributed by atoms with van der Waals surface area (Å²) in [5.74, 6) is -0.497. The molecule has 0 bridgehead atoms. The van der Waals surface area contributed by atoms with Crippen LogP contribution >= 0.6 is 0 Å². The van der Waals surface area contributed by atoms with E-state index in [0.717, 1.165) is 0 Å². The van der Waals surface area contributed by atoms with E-state index in [4.69, 9.17) is 4.74 Å². The first-order valence-corrected chi connectivity index (χ1v) is 7.16. The molecule has 114 valence electrons. The number of nitrogens with zero attached hydrogens (tertiary/aromatic N) is 1. The standard InChI is InChI=1S/C15H18FNO4/c16-12-8-10(17-5-6-21-15(17)20)2-3-11(12)9-1-4-13(18)14(19)7-9/h2-3,8-9,13-14,18-19H,1,4-7H2. The third kappa shape index (κ3) is 2.73. The molecule has 1 saturated carbocycles. The Morgan fingerprint density at radius 1 is 1.24 bits per heavy atom. The van der Waals surface area contributed by atoms with Gasteiger partial charge in [-0.05, 0) is 42.9 Å². The molecule has 3 rings (SSSR count). The minimum Gasteiger partial charge on any atom is -0.447 e. The number of benzene rings is 1. The van der Waals surface area contributed by atoms with E-state index >= 15 is 0 Å². The van der Waals surface area contributed by atoms with Crippen LogP contribution in [0.4, 0.5) is 14.9 Å². The number of aliphatic hydroxyl groups excluding tert-OH is 2. The zero-order valence-electron chi connectivity index (χ0n) is 11.5. The summed E-state index contributed by atoms with van der Waals surface area (Å²) in [6, 6.07) is 4.69. The predicted molar refractivity (Wildman–Crippen MR) is 73.7 cm³/mol. The highest BCUT2D eigenvalue weighted by Gasteiger charge is 2.30. The first-order chi connectivity index (χ1) is 10.1. The Kier molecular flexibility index (Phi) is 3.82. The minimum atomic E-state index is -0.809. The number of amides is 1. The normalized spacial score (nSPS) is 29.6. The molecule has 1 aromatic carbocycles. The second-order valence-electron chi connectivity index (χ2n) is 5.62. The molecular weight excluding hydrogens is 277 g/mol. The molecule has 21 heavy (non-hydrogen) atoms. The number of cyclic esters (lactones) is 1. The lowest BCUT2D eigenvalue weighted by Gasteiger charge is -2.30. The van der Waals surface area contributed by atoms with Gasteiger partial charge in [-0.25, -0.2) is 9.18 Å². The SMILES string of the molecule is O=C1OCCN1c1ccc(C2CCC(O)C(O)C2)c(F)c1. The van der Waals surface area contributed by atoms with E-state index < -0.39 is 18.3 Å². The number of rotatable bonds is 2. The Bertz CT molecular complexity index is 550. The van der Waals surface area contributed by atoms with E-state index in [2.05, 4.69) is 0 Å². The molecule has 0 spiro atoms. The van der Waals surface area contributed by atoms with Crippen LogP contribution in [0.25, 0.3) is 0 Å². The number of aliphatic hydroxyl groups is 2. The van der Waals surface area contributed by atoms with E-state index in [-0.39, 0.29) is 11.7 Å². The zero-order valence-corrected chi connectivity index (χ0v) is 11.5. The van der Waals surface area contributed by atoms with Crippen molar-refractivity contribution >= 4 is 11.8 Å². The van der Waals surface area contributed by atoms with Crippen LogP contribution < -0.4 is 4.90 Å². The highest BCUT2D eigenvalue weighted by molar-refractivity contribution is 5.89. The van der Waals surface area contributed by atoms with Crippen molar-refractivity contribution in [2.45, 2.75) is 37.4 Å². The molecule has 3 atom stereocenters. The molecule has 0 radical (unpaired) electrons. The molecule has 1 saturated heterocycles. The number of hydrogen-bond donors (Lipinski definition) is 2. The Balaban J connectivity index is 1.80. The quantitative estimate of drug-likeness (QED) is 0.872. The number of anilines is 1. The molecule has 2 N–H and O–H groups in total. The van der Waals surface area contributed by atoms with Crippen LogP contribution in [0.5, 0.6) is 0 Å². The molecule has 5 nitrogen and oxygen atoms in total. The number of ether oxygens (including phenoxy) is 1. The number of halogens is 1. The van der Waals surface area contributed by atoms with Crippen LogP contribution in [-0.4, -0.2) is 41.7 Å². The Hall–Kier alpha value is -1.66. The van der Waals surface area contributed by atoms with Crippen molar-refractivity contribution in [2.75, 3.05) is 18.1 Å². The van der Waals surface area contributed by atoms with E-state index in [1.807, 2.05) is 0 Å². The van der Waals surface area contributed by atoms with Crippen LogP contribution in [0.2, 0.25) is 0 Å². The lowest BCUT2D eigenvalue weighted by atomic mass is 9.81. The fourth-order valence-corrected chi connectivity index (χ4v) is 3.06. The van der Waals surface area contributed by atoms with Gasteiger partial charge in [0.2, 0.25) is 0 Å². The van der Waals surface area contributed by atoms with Gasteiger partial charge in [0.15, 0.2) is 0 Å². The van der Waals surface area contributed by atoms with Crippen molar-refractivity contribution in [1.82, 2.24) is 0 Å². The summed E-state index contributed by atoms with van der Waals surface area (Å²) in [7, 11) is 0. The summed E-state index contributed by atoms with van der Waals surface area (Å²) in [4.78, 5) is 12.9. The summed E-state index contributed by atoms with van der Waals surface area (Å²) >= 11 is 0. The summed E-state index contributed by atoms with van der Waals surface area (Å²) in [6.45, 7) is 0.737. The van der Waals surface area contributed by atoms with E-state index in [9.17, 15) is 19.4 Å². The average molecular weight is 295 g/mol. The van der Waals surface area contributed by atoms with Crippen molar-refractivity contribution in [1.29, 1.82) is 0 Å². The van der Waals surface area contributed by atoms with Gasteiger partial charge in [0.25, 0.3) is 0 Å². The lowest BCUT2D eigenvalue weighted by Crippen LogP contribution is -2.33. The molecule has 1 heterocycles. The molecule has 1 aliphatic carbocycles. The summed E-state index contributed by atoms with van der Waals surface area (Å²) in [5.41, 5.74) is 1.01. The van der Waals surface area contributed by atoms with E-state index in [0.29, 0.717) is 43.7 Å². The highest BCUT2D eigenvalue weighted by atomic mass is 19.1. The number of carbonyl (C=O) groups excluding carboxylic acids is 1. The van der Waals surface area contributed by atoms with Gasteiger partial charge in [0.05, 0.1) is 24.4 Å². The number of hydrogen-bond acceptors (Lipinski definition) is 4. The second kappa shape index (κ2) is 5.61. The van der Waals surface area contributed by atoms with Crippen molar-refractivity contribution in [3.8, 4) is 0 Å². The Labute approximate surface area is 121 Å². The molecule has 3 unspecified atom stereocenters. The number of carbonyl (C=O) groups is 1. The third-order valence-electron chi connectivity index (χ3n) is 4.28. The first kappa shape index (κ1) is 14.3. The predicted octanol–water partition coefficient (Wildman–Crippen LogP) is 1.77. The summed E-state index contributed by atoms with van der Waals surface area (Å²) < 4.78 is 19.2. The van der Waals surface area contributed by atoms with Crippen molar-refractivity contribution in [3.63, 3.8) is 0 Å². The van der Waals surface area contributed by atoms with E-state index in [1.54, 1.807) is 12.1 Å². The largest absolute Gasteiger partial charge is 0.447 e. The first-order valence-electron chi connectivity index (χ1n) is 7.16. The average Bonchev–Trinajstić information content (AvgIpc) is 2.88. The second-order valence-corrected chi connectivity index (χ2v) is 5.62. The van der Waals surface area contributed by atoms with Crippen molar-refractivity contribution in [3.05, 3.63) is 29.6 Å². The summed E-state index contributed by atoms with van der Waals surface area (Å²) in [6.07, 6.45) is -0.535. The minimum absolute atomic E-state index is 0.108. The molecule has 6 heteroatoms. The third-order valence-corrected chi connectivity index (χ3v) is 4.28. The monoisotopic (exact) mass is 295 g/mol. The molecule has 1 aliphatic heterocycles. The van der Waals surface area contributed by atoms with Gasteiger partial charge in [-0.15, -0.1) is 0 Å². The molecule has 2 fully saturated rings. The smallest absolute Gasteiger partial charge is 0.414 e. The maximum atomic E-state index is 14.3. The van der Waals surface area contributed by atoms with Gasteiger partial charge in [-0.2, -0.15) is 0 Å². The van der Waals surface area contributed by atoms with Gasteiger partial charge in [-0.1, -0.05) is 6.07 Å². The molecule has 1 aromatic rings. The molecule has 2 aliphatic rings. The Morgan fingerprint density at radius 3 is 2.67 bits per heavy atom. The fourth-order valence-electron chi connectivity index (χ4n) is 3.06. The summed E-state index contributed by atoms with van der Waals surface area (Å²) in [5, 5.41) is 19.2. The topological polar surface area (TPSA) is 70.0 Å². The fraction of sp³-hybridized carbons (Fsp3) is 0.533. The lowest BCUT2D eigenvalue weighted by molar-refractivity contribution is -0.0152.